The predicted octanol–water partition coefficient (Wildman–Crippen LogP) is 1.43. The number of nitrogens with one attached hydrogen (secondary N) is 1. The summed E-state index contributed by atoms with van der Waals surface area (Å²) in [5, 5.41) is 3.19. The Morgan fingerprint density at radius 1 is 1.22 bits per heavy atom. The number of hydrogen-bond donors (Lipinski definition) is 2. The molecule has 4 heteroatoms. The van der Waals surface area contributed by atoms with Crippen LogP contribution in [0.5, 0.6) is 0 Å². The second-order valence-corrected chi connectivity index (χ2v) is 6.03. The van der Waals surface area contributed by atoms with Crippen LogP contribution in [0.3, 0.4) is 0 Å². The van der Waals surface area contributed by atoms with E-state index in [1.54, 1.807) is 7.11 Å². The highest BCUT2D eigenvalue weighted by molar-refractivity contribution is 5.79. The first-order valence-electron chi connectivity index (χ1n) is 7.19. The molecule has 0 heterocycles. The summed E-state index contributed by atoms with van der Waals surface area (Å²) in [6.45, 7) is 2.17. The molecule has 0 radical (unpaired) electrons. The summed E-state index contributed by atoms with van der Waals surface area (Å²) in [5.74, 6) is 0.777. The first-order valence-corrected chi connectivity index (χ1v) is 7.19. The molecule has 0 aromatic rings. The summed E-state index contributed by atoms with van der Waals surface area (Å²) >= 11 is 0. The molecule has 104 valence electrons. The van der Waals surface area contributed by atoms with Crippen molar-refractivity contribution in [1.82, 2.24) is 5.32 Å². The predicted molar refractivity (Wildman–Crippen MR) is 71.1 cm³/mol. The lowest BCUT2D eigenvalue weighted by Crippen LogP contribution is -2.44. The van der Waals surface area contributed by atoms with E-state index < -0.39 is 0 Å². The Morgan fingerprint density at radius 2 is 2.00 bits per heavy atom. The second kappa shape index (κ2) is 6.02. The molecule has 0 spiro atoms. The zero-order chi connectivity index (χ0) is 13.1. The van der Waals surface area contributed by atoms with Crippen molar-refractivity contribution in [1.29, 1.82) is 0 Å². The van der Waals surface area contributed by atoms with E-state index in [1.165, 1.54) is 0 Å². The van der Waals surface area contributed by atoms with Crippen LogP contribution in [0.4, 0.5) is 0 Å². The van der Waals surface area contributed by atoms with Crippen LogP contribution in [0, 0.1) is 11.8 Å². The molecule has 2 rings (SSSR count). The number of carbonyl (C=O) groups is 1. The van der Waals surface area contributed by atoms with E-state index in [1.807, 2.05) is 0 Å². The highest BCUT2D eigenvalue weighted by atomic mass is 16.5. The van der Waals surface area contributed by atoms with Crippen molar-refractivity contribution >= 4 is 5.91 Å². The van der Waals surface area contributed by atoms with Gasteiger partial charge >= 0.3 is 0 Å². The third-order valence-corrected chi connectivity index (χ3v) is 4.64. The first kappa shape index (κ1) is 13.8. The van der Waals surface area contributed by atoms with Crippen molar-refractivity contribution in [2.24, 2.45) is 17.6 Å². The summed E-state index contributed by atoms with van der Waals surface area (Å²) in [4.78, 5) is 12.3. The number of nitrogens with two attached hydrogens (primary N) is 1. The number of rotatable bonds is 3. The van der Waals surface area contributed by atoms with E-state index in [4.69, 9.17) is 10.5 Å². The summed E-state index contributed by atoms with van der Waals surface area (Å²) < 4.78 is 5.34. The number of amides is 1. The monoisotopic (exact) mass is 254 g/mol. The molecule has 1 amide bonds. The lowest BCUT2D eigenvalue weighted by atomic mass is 9.77. The molecule has 2 fully saturated rings. The summed E-state index contributed by atoms with van der Waals surface area (Å²) in [7, 11) is 1.75. The van der Waals surface area contributed by atoms with Gasteiger partial charge in [0.1, 0.15) is 0 Å². The smallest absolute Gasteiger partial charge is 0.223 e. The lowest BCUT2D eigenvalue weighted by molar-refractivity contribution is -0.128. The van der Waals surface area contributed by atoms with E-state index in [0.717, 1.165) is 38.5 Å². The summed E-state index contributed by atoms with van der Waals surface area (Å²) in [5.41, 5.74) is 5.98. The van der Waals surface area contributed by atoms with Crippen LogP contribution in [-0.4, -0.2) is 31.2 Å². The molecular weight excluding hydrogens is 228 g/mol. The van der Waals surface area contributed by atoms with Gasteiger partial charge < -0.3 is 15.8 Å². The highest BCUT2D eigenvalue weighted by Crippen LogP contribution is 2.30. The first-order chi connectivity index (χ1) is 8.60. The van der Waals surface area contributed by atoms with Crippen LogP contribution in [0.2, 0.25) is 0 Å². The van der Waals surface area contributed by atoms with Crippen LogP contribution in [0.15, 0.2) is 0 Å². The molecule has 2 saturated carbocycles. The molecule has 2 aliphatic rings. The summed E-state index contributed by atoms with van der Waals surface area (Å²) in [6.07, 6.45) is 6.34. The molecule has 4 nitrogen and oxygen atoms in total. The Labute approximate surface area is 110 Å². The number of ether oxygens (including phenoxy) is 1. The maximum atomic E-state index is 12.3. The minimum atomic E-state index is 0.107. The van der Waals surface area contributed by atoms with Gasteiger partial charge in [-0.2, -0.15) is 0 Å². The van der Waals surface area contributed by atoms with Crippen molar-refractivity contribution in [2.75, 3.05) is 7.11 Å². The fourth-order valence-electron chi connectivity index (χ4n) is 3.31. The maximum Gasteiger partial charge on any atom is 0.223 e. The molecule has 5 atom stereocenters. The van der Waals surface area contributed by atoms with Crippen molar-refractivity contribution in [3.05, 3.63) is 0 Å². The average Bonchev–Trinajstić information content (AvgIpc) is 2.80. The topological polar surface area (TPSA) is 64.3 Å². The molecule has 18 heavy (non-hydrogen) atoms. The normalized spacial score (nSPS) is 40.7. The van der Waals surface area contributed by atoms with E-state index in [-0.39, 0.29) is 17.9 Å². The third-order valence-electron chi connectivity index (χ3n) is 4.64. The van der Waals surface area contributed by atoms with Crippen molar-refractivity contribution in [2.45, 2.75) is 63.6 Å². The minimum Gasteiger partial charge on any atom is -0.381 e. The minimum absolute atomic E-state index is 0.107. The number of hydrogen-bond acceptors (Lipinski definition) is 3. The largest absolute Gasteiger partial charge is 0.381 e. The van der Waals surface area contributed by atoms with Gasteiger partial charge in [-0.3, -0.25) is 4.79 Å². The quantitative estimate of drug-likeness (QED) is 0.801. The van der Waals surface area contributed by atoms with Gasteiger partial charge in [0, 0.05) is 25.1 Å². The van der Waals surface area contributed by atoms with Gasteiger partial charge in [-0.25, -0.2) is 0 Å². The van der Waals surface area contributed by atoms with Gasteiger partial charge in [0.25, 0.3) is 0 Å². The van der Waals surface area contributed by atoms with E-state index in [9.17, 15) is 4.79 Å². The molecule has 5 unspecified atom stereocenters. The molecule has 0 aromatic carbocycles. The maximum absolute atomic E-state index is 12.3. The van der Waals surface area contributed by atoms with Gasteiger partial charge in [0.2, 0.25) is 5.91 Å². The highest BCUT2D eigenvalue weighted by Gasteiger charge is 2.33. The molecular formula is C14H26N2O2. The summed E-state index contributed by atoms with van der Waals surface area (Å²) in [6, 6.07) is 0.500. The van der Waals surface area contributed by atoms with Gasteiger partial charge in [0.15, 0.2) is 0 Å². The van der Waals surface area contributed by atoms with Crippen LogP contribution in [0.1, 0.15) is 45.4 Å². The van der Waals surface area contributed by atoms with E-state index in [2.05, 4.69) is 12.2 Å². The fraction of sp³-hybridized carbons (Fsp3) is 0.929. The SMILES string of the molecule is COC1CCC(NC(=O)C2CC(N)CCC2C)C1. The van der Waals surface area contributed by atoms with Crippen LogP contribution in [0.25, 0.3) is 0 Å². The zero-order valence-electron chi connectivity index (χ0n) is 11.5. The molecule has 0 saturated heterocycles. The average molecular weight is 254 g/mol. The Morgan fingerprint density at radius 3 is 2.67 bits per heavy atom. The van der Waals surface area contributed by atoms with Crippen LogP contribution in [-0.2, 0) is 9.53 Å². The third kappa shape index (κ3) is 3.23. The lowest BCUT2D eigenvalue weighted by Gasteiger charge is -2.32. The van der Waals surface area contributed by atoms with Gasteiger partial charge in [-0.15, -0.1) is 0 Å². The number of methoxy groups -OCH3 is 1. The van der Waals surface area contributed by atoms with Gasteiger partial charge in [-0.05, 0) is 44.4 Å². The van der Waals surface area contributed by atoms with E-state index >= 15 is 0 Å². The Balaban J connectivity index is 1.83. The van der Waals surface area contributed by atoms with Crippen LogP contribution >= 0.6 is 0 Å². The van der Waals surface area contributed by atoms with Gasteiger partial charge in [-0.1, -0.05) is 6.92 Å². The Bertz CT molecular complexity index is 296. The van der Waals surface area contributed by atoms with Gasteiger partial charge in [0.05, 0.1) is 6.10 Å². The Hall–Kier alpha value is -0.610. The second-order valence-electron chi connectivity index (χ2n) is 6.03. The van der Waals surface area contributed by atoms with E-state index in [0.29, 0.717) is 18.1 Å². The molecule has 2 aliphatic carbocycles. The molecule has 0 aliphatic heterocycles. The number of carbonyl (C=O) groups excluding carboxylic acids is 1. The van der Waals surface area contributed by atoms with Crippen LogP contribution < -0.4 is 11.1 Å². The Kier molecular flexibility index (Phi) is 4.62. The van der Waals surface area contributed by atoms with Crippen molar-refractivity contribution < 1.29 is 9.53 Å². The molecule has 3 N–H and O–H groups in total. The fourth-order valence-corrected chi connectivity index (χ4v) is 3.31. The van der Waals surface area contributed by atoms with Crippen molar-refractivity contribution in [3.63, 3.8) is 0 Å². The molecule has 0 bridgehead atoms. The molecule has 0 aromatic heterocycles. The zero-order valence-corrected chi connectivity index (χ0v) is 11.5. The van der Waals surface area contributed by atoms with Crippen molar-refractivity contribution in [3.8, 4) is 0 Å². The standard InChI is InChI=1S/C14H26N2O2/c1-9-3-4-10(15)7-13(9)14(17)16-11-5-6-12(8-11)18-2/h9-13H,3-8,15H2,1-2H3,(H,16,17).